The summed E-state index contributed by atoms with van der Waals surface area (Å²) in [5.41, 5.74) is -0.109. The van der Waals surface area contributed by atoms with Gasteiger partial charge in [-0.2, -0.15) is 0 Å². The molecular weight excluding hydrogens is 254 g/mol. The second-order valence-electron chi connectivity index (χ2n) is 7.09. The highest BCUT2D eigenvalue weighted by atomic mass is 16.6. The molecule has 0 spiro atoms. The van der Waals surface area contributed by atoms with Crippen LogP contribution in [0.1, 0.15) is 60.3 Å². The first-order valence-corrected chi connectivity index (χ1v) is 7.43. The van der Waals surface area contributed by atoms with Crippen LogP contribution < -0.4 is 0 Å². The van der Waals surface area contributed by atoms with E-state index in [1.54, 1.807) is 4.90 Å². The summed E-state index contributed by atoms with van der Waals surface area (Å²) >= 11 is 0. The molecule has 20 heavy (non-hydrogen) atoms. The summed E-state index contributed by atoms with van der Waals surface area (Å²) in [5, 5.41) is 10.3. The molecule has 0 aliphatic carbocycles. The lowest BCUT2D eigenvalue weighted by molar-refractivity contribution is -0.0441. The molecule has 1 aliphatic heterocycles. The Balaban J connectivity index is 2.80. The van der Waals surface area contributed by atoms with Crippen molar-refractivity contribution in [3.8, 4) is 0 Å². The maximum Gasteiger partial charge on any atom is 0.410 e. The Bertz CT molecular complexity index is 368. The molecule has 1 rings (SSSR count). The summed E-state index contributed by atoms with van der Waals surface area (Å²) in [7, 11) is 0. The van der Waals surface area contributed by atoms with E-state index in [4.69, 9.17) is 4.74 Å². The number of amides is 1. The lowest BCUT2D eigenvalue weighted by Gasteiger charge is -2.43. The summed E-state index contributed by atoms with van der Waals surface area (Å²) in [4.78, 5) is 14.1. The van der Waals surface area contributed by atoms with Crippen LogP contribution in [0.25, 0.3) is 0 Å². The minimum atomic E-state index is -0.711. The van der Waals surface area contributed by atoms with Crippen molar-refractivity contribution in [2.75, 3.05) is 6.54 Å². The van der Waals surface area contributed by atoms with Gasteiger partial charge in [0, 0.05) is 12.6 Å². The van der Waals surface area contributed by atoms with Gasteiger partial charge in [0.1, 0.15) is 5.60 Å². The minimum absolute atomic E-state index is 0.0268. The fraction of sp³-hybridized carbons (Fsp3) is 0.812. The van der Waals surface area contributed by atoms with E-state index < -0.39 is 11.2 Å². The van der Waals surface area contributed by atoms with Crippen LogP contribution in [0.15, 0.2) is 12.2 Å². The molecule has 2 atom stereocenters. The summed E-state index contributed by atoms with van der Waals surface area (Å²) in [6.07, 6.45) is 2.49. The van der Waals surface area contributed by atoms with Gasteiger partial charge in [-0.05, 0) is 53.4 Å². The highest BCUT2D eigenvalue weighted by Crippen LogP contribution is 2.31. The zero-order valence-electron chi connectivity index (χ0n) is 13.5. The van der Waals surface area contributed by atoms with Gasteiger partial charge in [-0.1, -0.05) is 19.1 Å². The van der Waals surface area contributed by atoms with E-state index in [0.29, 0.717) is 19.4 Å². The van der Waals surface area contributed by atoms with E-state index in [-0.39, 0.29) is 12.1 Å². The van der Waals surface area contributed by atoms with E-state index in [1.807, 2.05) is 27.7 Å². The summed E-state index contributed by atoms with van der Waals surface area (Å²) in [6.45, 7) is 14.0. The molecule has 0 aromatic carbocycles. The Morgan fingerprint density at radius 1 is 1.50 bits per heavy atom. The van der Waals surface area contributed by atoms with Gasteiger partial charge >= 0.3 is 6.09 Å². The van der Waals surface area contributed by atoms with E-state index in [0.717, 1.165) is 18.4 Å². The van der Waals surface area contributed by atoms with Crippen molar-refractivity contribution in [2.24, 2.45) is 0 Å². The lowest BCUT2D eigenvalue weighted by Crippen LogP contribution is -2.52. The monoisotopic (exact) mass is 283 g/mol. The second kappa shape index (κ2) is 6.17. The molecule has 1 heterocycles. The van der Waals surface area contributed by atoms with Gasteiger partial charge in [-0.15, -0.1) is 0 Å². The summed E-state index contributed by atoms with van der Waals surface area (Å²) < 4.78 is 5.47. The highest BCUT2D eigenvalue weighted by molar-refractivity contribution is 5.68. The van der Waals surface area contributed by atoms with Crippen LogP contribution in [0.3, 0.4) is 0 Å². The molecule has 1 saturated heterocycles. The largest absolute Gasteiger partial charge is 0.444 e. The average molecular weight is 283 g/mol. The first kappa shape index (κ1) is 17.0. The van der Waals surface area contributed by atoms with Gasteiger partial charge in [0.05, 0.1) is 5.60 Å². The Morgan fingerprint density at radius 2 is 2.10 bits per heavy atom. The zero-order valence-corrected chi connectivity index (χ0v) is 13.5. The molecule has 1 aliphatic rings. The molecule has 0 bridgehead atoms. The lowest BCUT2D eigenvalue weighted by atomic mass is 9.85. The third kappa shape index (κ3) is 5.16. The molecule has 4 heteroatoms. The number of rotatable bonds is 3. The zero-order chi connectivity index (χ0) is 15.6. The van der Waals surface area contributed by atoms with Crippen molar-refractivity contribution in [1.29, 1.82) is 0 Å². The van der Waals surface area contributed by atoms with Gasteiger partial charge in [-0.3, -0.25) is 0 Å². The molecule has 1 fully saturated rings. The fourth-order valence-electron chi connectivity index (χ4n) is 2.48. The first-order valence-electron chi connectivity index (χ1n) is 7.43. The molecule has 1 N–H and O–H groups in total. The number of aliphatic hydroxyl groups is 1. The van der Waals surface area contributed by atoms with Crippen LogP contribution in [0.5, 0.6) is 0 Å². The average Bonchev–Trinajstić information content (AvgIpc) is 2.25. The van der Waals surface area contributed by atoms with Crippen molar-refractivity contribution in [3.05, 3.63) is 12.2 Å². The van der Waals surface area contributed by atoms with Crippen molar-refractivity contribution in [3.63, 3.8) is 0 Å². The maximum absolute atomic E-state index is 12.3. The molecule has 2 unspecified atom stereocenters. The topological polar surface area (TPSA) is 49.8 Å². The number of carbonyl (C=O) groups is 1. The van der Waals surface area contributed by atoms with Crippen LogP contribution in [-0.2, 0) is 4.74 Å². The standard InChI is InChI=1S/C16H29NO3/c1-7-12(2)10-13-11-16(6,19)8-9-17(13)14(18)20-15(3,4)5/h13,19H,2,7-11H2,1,3-6H3. The number of hydrogen-bond donors (Lipinski definition) is 1. The van der Waals surface area contributed by atoms with Crippen LogP contribution in [0.2, 0.25) is 0 Å². The predicted molar refractivity (Wildman–Crippen MR) is 80.6 cm³/mol. The van der Waals surface area contributed by atoms with Crippen molar-refractivity contribution in [2.45, 2.75) is 77.5 Å². The maximum atomic E-state index is 12.3. The van der Waals surface area contributed by atoms with Crippen molar-refractivity contribution < 1.29 is 14.6 Å². The van der Waals surface area contributed by atoms with E-state index >= 15 is 0 Å². The fourth-order valence-corrected chi connectivity index (χ4v) is 2.48. The van der Waals surface area contributed by atoms with Gasteiger partial charge in [0.25, 0.3) is 0 Å². The number of ether oxygens (including phenoxy) is 1. The second-order valence-corrected chi connectivity index (χ2v) is 7.09. The Kier molecular flexibility index (Phi) is 5.25. The normalized spacial score (nSPS) is 27.3. The quantitative estimate of drug-likeness (QED) is 0.807. The van der Waals surface area contributed by atoms with Gasteiger partial charge < -0.3 is 14.7 Å². The van der Waals surface area contributed by atoms with E-state index in [9.17, 15) is 9.90 Å². The Morgan fingerprint density at radius 3 is 2.60 bits per heavy atom. The highest BCUT2D eigenvalue weighted by Gasteiger charge is 2.38. The third-order valence-electron chi connectivity index (χ3n) is 3.66. The van der Waals surface area contributed by atoms with Gasteiger partial charge in [-0.25, -0.2) is 4.79 Å². The molecular formula is C16H29NO3. The minimum Gasteiger partial charge on any atom is -0.444 e. The Hall–Kier alpha value is -1.03. The number of nitrogens with zero attached hydrogens (tertiary/aromatic N) is 1. The predicted octanol–water partition coefficient (Wildman–Crippen LogP) is 3.49. The number of carbonyl (C=O) groups excluding carboxylic acids is 1. The Labute approximate surface area is 122 Å². The molecule has 0 saturated carbocycles. The smallest absolute Gasteiger partial charge is 0.410 e. The first-order chi connectivity index (χ1) is 9.04. The third-order valence-corrected chi connectivity index (χ3v) is 3.66. The summed E-state index contributed by atoms with van der Waals surface area (Å²) in [6, 6.07) is -0.0268. The van der Waals surface area contributed by atoms with E-state index in [2.05, 4.69) is 13.5 Å². The molecule has 4 nitrogen and oxygen atoms in total. The van der Waals surface area contributed by atoms with Crippen molar-refractivity contribution in [1.82, 2.24) is 4.90 Å². The molecule has 0 radical (unpaired) electrons. The number of piperidine rings is 1. The molecule has 0 aromatic heterocycles. The van der Waals surface area contributed by atoms with E-state index in [1.165, 1.54) is 0 Å². The van der Waals surface area contributed by atoms with Crippen LogP contribution in [0.4, 0.5) is 4.79 Å². The SMILES string of the molecule is C=C(CC)CC1CC(C)(O)CCN1C(=O)OC(C)(C)C. The van der Waals surface area contributed by atoms with Crippen LogP contribution in [-0.4, -0.2) is 39.9 Å². The summed E-state index contributed by atoms with van der Waals surface area (Å²) in [5.74, 6) is 0. The van der Waals surface area contributed by atoms with Crippen LogP contribution in [0, 0.1) is 0 Å². The van der Waals surface area contributed by atoms with Gasteiger partial charge in [0.2, 0.25) is 0 Å². The van der Waals surface area contributed by atoms with Crippen LogP contribution >= 0.6 is 0 Å². The van der Waals surface area contributed by atoms with Crippen molar-refractivity contribution >= 4 is 6.09 Å². The molecule has 116 valence electrons. The number of likely N-dealkylation sites (tertiary alicyclic amines) is 1. The van der Waals surface area contributed by atoms with Gasteiger partial charge in [0.15, 0.2) is 0 Å². The molecule has 1 amide bonds. The number of hydrogen-bond acceptors (Lipinski definition) is 3. The molecule has 0 aromatic rings.